The first kappa shape index (κ1) is 21.0. The summed E-state index contributed by atoms with van der Waals surface area (Å²) in [4.78, 5) is 21.2. The maximum atomic E-state index is 12.3. The highest BCUT2D eigenvalue weighted by atomic mass is 35.5. The molecule has 9 heteroatoms. The molecule has 164 valence electrons. The van der Waals surface area contributed by atoms with Crippen molar-refractivity contribution in [3.8, 4) is 0 Å². The summed E-state index contributed by atoms with van der Waals surface area (Å²) in [6.45, 7) is 0. The molecule has 1 aromatic heterocycles. The third-order valence-corrected chi connectivity index (χ3v) is 6.63. The Morgan fingerprint density at radius 1 is 1.22 bits per heavy atom. The van der Waals surface area contributed by atoms with Gasteiger partial charge in [0, 0.05) is 48.9 Å². The monoisotopic (exact) mass is 468 g/mol. The molecule has 2 aliphatic rings. The van der Waals surface area contributed by atoms with E-state index in [0.717, 1.165) is 12.1 Å². The Labute approximate surface area is 196 Å². The van der Waals surface area contributed by atoms with Gasteiger partial charge in [0.25, 0.3) is 5.91 Å². The van der Waals surface area contributed by atoms with Crippen LogP contribution in [-0.4, -0.2) is 29.0 Å². The second-order valence-electron chi connectivity index (χ2n) is 7.97. The van der Waals surface area contributed by atoms with E-state index in [4.69, 9.17) is 23.4 Å². The zero-order chi connectivity index (χ0) is 22.2. The topological polar surface area (TPSA) is 82.2 Å². The highest BCUT2D eigenvalue weighted by Crippen LogP contribution is 2.38. The minimum atomic E-state index is -0.294. The van der Waals surface area contributed by atoms with Crippen LogP contribution in [0, 0.1) is 0 Å². The summed E-state index contributed by atoms with van der Waals surface area (Å²) in [7, 11) is 1.55. The number of carbonyl (C=O) groups excluding carboxylic acids is 1. The van der Waals surface area contributed by atoms with Crippen molar-refractivity contribution in [1.29, 1.82) is 0 Å². The molecule has 2 aromatic carbocycles. The molecule has 1 amide bonds. The van der Waals surface area contributed by atoms with E-state index in [1.807, 2.05) is 0 Å². The first-order valence-corrected chi connectivity index (χ1v) is 11.2. The minimum Gasteiger partial charge on any atom is -0.355 e. The van der Waals surface area contributed by atoms with Gasteiger partial charge in [0.2, 0.25) is 5.95 Å². The highest BCUT2D eigenvalue weighted by Gasteiger charge is 2.32. The summed E-state index contributed by atoms with van der Waals surface area (Å²) in [5, 5.41) is 9.89. The molecule has 0 spiro atoms. The molecule has 0 saturated carbocycles. The fourth-order valence-electron chi connectivity index (χ4n) is 4.47. The van der Waals surface area contributed by atoms with Crippen molar-refractivity contribution in [3.05, 3.63) is 70.4 Å². The van der Waals surface area contributed by atoms with Crippen LogP contribution in [0.5, 0.6) is 0 Å². The average molecular weight is 469 g/mol. The van der Waals surface area contributed by atoms with Gasteiger partial charge in [-0.2, -0.15) is 4.98 Å². The fourth-order valence-corrected chi connectivity index (χ4v) is 5.05. The zero-order valence-corrected chi connectivity index (χ0v) is 18.9. The summed E-state index contributed by atoms with van der Waals surface area (Å²) >= 11 is 13.0. The standard InChI is InChI=1S/C23H22Cl2N6O/c1-26-22(32)16-3-2-4-18(24)21(16)31(25)20-9-10-27-23(30-20)29-15-6-5-13-11-14-7-8-19(28-14)17(13)12-15/h2-6,9-10,12,14,19,28H,7-8,11H2,1H3,(H,26,32)(H,27,29,30)/t14?,19-/m0/s1. The lowest BCUT2D eigenvalue weighted by atomic mass is 9.94. The van der Waals surface area contributed by atoms with Gasteiger partial charge in [0.1, 0.15) is 0 Å². The molecule has 0 aliphatic carbocycles. The first-order valence-electron chi connectivity index (χ1n) is 10.5. The van der Waals surface area contributed by atoms with Gasteiger partial charge < -0.3 is 16.0 Å². The molecule has 32 heavy (non-hydrogen) atoms. The lowest BCUT2D eigenvalue weighted by Crippen LogP contribution is -2.31. The molecule has 2 bridgehead atoms. The molecule has 3 N–H and O–H groups in total. The Morgan fingerprint density at radius 2 is 2.09 bits per heavy atom. The summed E-state index contributed by atoms with van der Waals surface area (Å²) in [6, 6.07) is 14.1. The third-order valence-electron chi connectivity index (χ3n) is 5.98. The van der Waals surface area contributed by atoms with Crippen molar-refractivity contribution in [2.45, 2.75) is 31.3 Å². The lowest BCUT2D eigenvalue weighted by Gasteiger charge is -2.25. The summed E-state index contributed by atoms with van der Waals surface area (Å²) < 4.78 is 1.27. The molecular formula is C23H22Cl2N6O. The number of hydrogen-bond acceptors (Lipinski definition) is 6. The molecule has 1 fully saturated rings. The Balaban J connectivity index is 1.42. The molecule has 3 heterocycles. The molecular weight excluding hydrogens is 447 g/mol. The van der Waals surface area contributed by atoms with Gasteiger partial charge in [0.05, 0.1) is 16.3 Å². The molecule has 2 aliphatic heterocycles. The van der Waals surface area contributed by atoms with Crippen molar-refractivity contribution in [3.63, 3.8) is 0 Å². The molecule has 1 unspecified atom stereocenters. The number of amides is 1. The summed E-state index contributed by atoms with van der Waals surface area (Å²) in [5.41, 5.74) is 4.36. The van der Waals surface area contributed by atoms with E-state index in [-0.39, 0.29) is 5.91 Å². The van der Waals surface area contributed by atoms with E-state index in [1.54, 1.807) is 37.5 Å². The number of nitrogens with zero attached hydrogens (tertiary/aromatic N) is 3. The molecule has 7 nitrogen and oxygen atoms in total. The van der Waals surface area contributed by atoms with E-state index in [9.17, 15) is 4.79 Å². The van der Waals surface area contributed by atoms with Crippen LogP contribution < -0.4 is 20.4 Å². The van der Waals surface area contributed by atoms with E-state index < -0.39 is 0 Å². The Bertz CT molecular complexity index is 1190. The Kier molecular flexibility index (Phi) is 5.63. The van der Waals surface area contributed by atoms with Crippen LogP contribution in [0.1, 0.15) is 40.4 Å². The van der Waals surface area contributed by atoms with Crippen LogP contribution in [0.25, 0.3) is 0 Å². The predicted octanol–water partition coefficient (Wildman–Crippen LogP) is 4.87. The number of aromatic nitrogens is 2. The number of halogens is 2. The van der Waals surface area contributed by atoms with Crippen molar-refractivity contribution in [2.75, 3.05) is 16.8 Å². The van der Waals surface area contributed by atoms with Crippen LogP contribution in [0.4, 0.5) is 23.1 Å². The number of anilines is 4. The number of fused-ring (bicyclic) bond motifs is 4. The van der Waals surface area contributed by atoms with Gasteiger partial charge in [-0.1, -0.05) is 23.7 Å². The summed E-state index contributed by atoms with van der Waals surface area (Å²) in [5.74, 6) is 0.493. The van der Waals surface area contributed by atoms with E-state index in [0.29, 0.717) is 40.1 Å². The van der Waals surface area contributed by atoms with Crippen LogP contribution >= 0.6 is 23.4 Å². The number of hydrogen-bond donors (Lipinski definition) is 3. The normalized spacial score (nSPS) is 18.7. The smallest absolute Gasteiger partial charge is 0.253 e. The Morgan fingerprint density at radius 3 is 2.94 bits per heavy atom. The Hall–Kier alpha value is -2.87. The van der Waals surface area contributed by atoms with E-state index >= 15 is 0 Å². The van der Waals surface area contributed by atoms with Crippen LogP contribution in [0.2, 0.25) is 5.02 Å². The molecule has 0 radical (unpaired) electrons. The second kappa shape index (κ2) is 8.58. The number of para-hydroxylation sites is 1. The first-order chi connectivity index (χ1) is 15.5. The molecule has 2 atom stereocenters. The van der Waals surface area contributed by atoms with Crippen LogP contribution in [0.15, 0.2) is 48.7 Å². The van der Waals surface area contributed by atoms with Crippen molar-refractivity contribution < 1.29 is 4.79 Å². The van der Waals surface area contributed by atoms with Crippen molar-refractivity contribution in [2.24, 2.45) is 0 Å². The molecule has 5 rings (SSSR count). The SMILES string of the molecule is CNC(=O)c1cccc(Cl)c1N(Cl)c1ccnc(Nc2ccc3c(c2)[C@@H]2CCC(C3)N2)n1. The number of rotatable bonds is 5. The van der Waals surface area contributed by atoms with E-state index in [2.05, 4.69) is 44.1 Å². The van der Waals surface area contributed by atoms with Crippen LogP contribution in [-0.2, 0) is 6.42 Å². The summed E-state index contributed by atoms with van der Waals surface area (Å²) in [6.07, 6.45) is 5.07. The third kappa shape index (κ3) is 3.88. The van der Waals surface area contributed by atoms with Crippen molar-refractivity contribution in [1.82, 2.24) is 20.6 Å². The number of carbonyl (C=O) groups is 1. The van der Waals surface area contributed by atoms with E-state index in [1.165, 1.54) is 28.4 Å². The lowest BCUT2D eigenvalue weighted by molar-refractivity contribution is 0.0964. The fraction of sp³-hybridized carbons (Fsp3) is 0.261. The van der Waals surface area contributed by atoms with Crippen LogP contribution in [0.3, 0.4) is 0 Å². The quantitative estimate of drug-likeness (QED) is 0.463. The predicted molar refractivity (Wildman–Crippen MR) is 127 cm³/mol. The molecule has 1 saturated heterocycles. The maximum Gasteiger partial charge on any atom is 0.253 e. The number of nitrogens with one attached hydrogen (secondary N) is 3. The van der Waals surface area contributed by atoms with Gasteiger partial charge in [-0.15, -0.1) is 0 Å². The molecule has 3 aromatic rings. The minimum absolute atomic E-state index is 0.294. The average Bonchev–Trinajstić information content (AvgIpc) is 3.20. The van der Waals surface area contributed by atoms with Gasteiger partial charge in [-0.3, -0.25) is 4.79 Å². The van der Waals surface area contributed by atoms with Crippen molar-refractivity contribution >= 4 is 52.4 Å². The van der Waals surface area contributed by atoms with Gasteiger partial charge in [-0.25, -0.2) is 9.40 Å². The maximum absolute atomic E-state index is 12.3. The van der Waals surface area contributed by atoms with Gasteiger partial charge >= 0.3 is 0 Å². The zero-order valence-electron chi connectivity index (χ0n) is 17.4. The highest BCUT2D eigenvalue weighted by molar-refractivity contribution is 6.38. The second-order valence-corrected chi connectivity index (χ2v) is 8.72. The number of benzene rings is 2. The van der Waals surface area contributed by atoms with Gasteiger partial charge in [-0.05, 0) is 54.7 Å². The van der Waals surface area contributed by atoms with Gasteiger partial charge in [0.15, 0.2) is 5.82 Å². The largest absolute Gasteiger partial charge is 0.355 e.